The van der Waals surface area contributed by atoms with Crippen LogP contribution in [0.5, 0.6) is 0 Å². The molecule has 0 fully saturated rings. The normalized spacial score (nSPS) is 11.6. The first-order chi connectivity index (χ1) is 7.55. The Hall–Kier alpha value is -1.66. The van der Waals surface area contributed by atoms with Crippen molar-refractivity contribution in [1.82, 2.24) is 9.55 Å². The van der Waals surface area contributed by atoms with E-state index in [-0.39, 0.29) is 4.90 Å². The van der Waals surface area contributed by atoms with Gasteiger partial charge in [0.2, 0.25) is 10.0 Å². The molecule has 5 nitrogen and oxygen atoms in total. The van der Waals surface area contributed by atoms with E-state index in [2.05, 4.69) is 4.98 Å². The van der Waals surface area contributed by atoms with Crippen LogP contribution in [0, 0.1) is 0 Å². The number of sulfonamides is 1. The number of benzene rings is 1. The molecule has 0 amide bonds. The van der Waals surface area contributed by atoms with E-state index in [1.165, 1.54) is 6.07 Å². The molecular weight excluding hydrogens is 226 g/mol. The Morgan fingerprint density at radius 3 is 2.81 bits per heavy atom. The monoisotopic (exact) mass is 237 g/mol. The van der Waals surface area contributed by atoms with Crippen LogP contribution >= 0.6 is 0 Å². The highest BCUT2D eigenvalue weighted by Gasteiger charge is 2.07. The molecule has 2 aromatic rings. The van der Waals surface area contributed by atoms with Gasteiger partial charge in [0.1, 0.15) is 0 Å². The standard InChI is InChI=1S/C10H11N3O2S/c11-16(14,15)10-3-1-2-9(6-10)7-13-5-4-12-8-13/h1-6,8H,7H2,(H2,11,14,15). The largest absolute Gasteiger partial charge is 0.333 e. The number of hydrogen-bond donors (Lipinski definition) is 1. The topological polar surface area (TPSA) is 78.0 Å². The highest BCUT2D eigenvalue weighted by atomic mass is 32.2. The third kappa shape index (κ3) is 2.47. The van der Waals surface area contributed by atoms with Crippen LogP contribution in [0.3, 0.4) is 0 Å². The van der Waals surface area contributed by atoms with Crippen molar-refractivity contribution in [2.24, 2.45) is 5.14 Å². The molecule has 0 radical (unpaired) electrons. The van der Waals surface area contributed by atoms with Gasteiger partial charge in [0, 0.05) is 18.9 Å². The summed E-state index contributed by atoms with van der Waals surface area (Å²) in [6.45, 7) is 0.573. The second-order valence-electron chi connectivity index (χ2n) is 3.43. The lowest BCUT2D eigenvalue weighted by molar-refractivity contribution is 0.597. The van der Waals surface area contributed by atoms with E-state index < -0.39 is 10.0 Å². The van der Waals surface area contributed by atoms with Crippen molar-refractivity contribution in [3.8, 4) is 0 Å². The predicted molar refractivity (Wildman–Crippen MR) is 59.1 cm³/mol. The highest BCUT2D eigenvalue weighted by Crippen LogP contribution is 2.10. The first-order valence-corrected chi connectivity index (χ1v) is 6.18. The molecule has 0 aliphatic carbocycles. The number of rotatable bonds is 3. The molecule has 1 aromatic heterocycles. The lowest BCUT2D eigenvalue weighted by atomic mass is 10.2. The number of imidazole rings is 1. The summed E-state index contributed by atoms with van der Waals surface area (Å²) in [7, 11) is -3.63. The molecule has 0 atom stereocenters. The summed E-state index contributed by atoms with van der Waals surface area (Å²) in [5.74, 6) is 0. The maximum absolute atomic E-state index is 11.1. The van der Waals surface area contributed by atoms with Crippen LogP contribution in [0.25, 0.3) is 0 Å². The highest BCUT2D eigenvalue weighted by molar-refractivity contribution is 7.89. The van der Waals surface area contributed by atoms with Crippen molar-refractivity contribution >= 4 is 10.0 Å². The Morgan fingerprint density at radius 1 is 1.38 bits per heavy atom. The van der Waals surface area contributed by atoms with Crippen LogP contribution in [-0.2, 0) is 16.6 Å². The summed E-state index contributed by atoms with van der Waals surface area (Å²) in [5, 5.41) is 5.05. The van der Waals surface area contributed by atoms with E-state index in [9.17, 15) is 8.42 Å². The maximum Gasteiger partial charge on any atom is 0.238 e. The minimum atomic E-state index is -3.63. The summed E-state index contributed by atoms with van der Waals surface area (Å²) in [6.07, 6.45) is 5.15. The van der Waals surface area contributed by atoms with Gasteiger partial charge in [-0.05, 0) is 17.7 Å². The van der Waals surface area contributed by atoms with Crippen molar-refractivity contribution < 1.29 is 8.42 Å². The van der Waals surface area contributed by atoms with Gasteiger partial charge < -0.3 is 4.57 Å². The molecule has 1 aromatic carbocycles. The van der Waals surface area contributed by atoms with Gasteiger partial charge in [-0.2, -0.15) is 0 Å². The van der Waals surface area contributed by atoms with Crippen LogP contribution in [0.15, 0.2) is 47.9 Å². The second-order valence-corrected chi connectivity index (χ2v) is 4.99. The number of primary sulfonamides is 1. The minimum absolute atomic E-state index is 0.130. The van der Waals surface area contributed by atoms with Crippen molar-refractivity contribution in [3.05, 3.63) is 48.5 Å². The third-order valence-corrected chi connectivity index (χ3v) is 3.06. The van der Waals surface area contributed by atoms with E-state index >= 15 is 0 Å². The molecular formula is C10H11N3O2S. The average molecular weight is 237 g/mol. The van der Waals surface area contributed by atoms with E-state index in [0.717, 1.165) is 5.56 Å². The maximum atomic E-state index is 11.1. The molecule has 0 bridgehead atoms. The summed E-state index contributed by atoms with van der Waals surface area (Å²) in [6, 6.07) is 6.56. The van der Waals surface area contributed by atoms with Crippen molar-refractivity contribution in [2.45, 2.75) is 11.4 Å². The Kier molecular flexibility index (Phi) is 2.76. The van der Waals surface area contributed by atoms with E-state index in [4.69, 9.17) is 5.14 Å². The van der Waals surface area contributed by atoms with Gasteiger partial charge in [-0.25, -0.2) is 18.5 Å². The number of hydrogen-bond acceptors (Lipinski definition) is 3. The molecule has 0 aliphatic heterocycles. The lowest BCUT2D eigenvalue weighted by Crippen LogP contribution is -2.12. The first-order valence-electron chi connectivity index (χ1n) is 4.63. The summed E-state index contributed by atoms with van der Waals surface area (Å²) >= 11 is 0. The van der Waals surface area contributed by atoms with Crippen molar-refractivity contribution in [1.29, 1.82) is 0 Å². The van der Waals surface area contributed by atoms with Gasteiger partial charge in [-0.3, -0.25) is 0 Å². The molecule has 84 valence electrons. The predicted octanol–water partition coefficient (Wildman–Crippen LogP) is 0.579. The summed E-state index contributed by atoms with van der Waals surface area (Å²) < 4.78 is 24.1. The molecule has 0 saturated carbocycles. The van der Waals surface area contributed by atoms with Crippen LogP contribution in [0.2, 0.25) is 0 Å². The van der Waals surface area contributed by atoms with Crippen LogP contribution in [-0.4, -0.2) is 18.0 Å². The van der Waals surface area contributed by atoms with Gasteiger partial charge in [0.15, 0.2) is 0 Å². The molecule has 6 heteroatoms. The molecule has 0 saturated heterocycles. The van der Waals surface area contributed by atoms with Crippen molar-refractivity contribution in [3.63, 3.8) is 0 Å². The number of aromatic nitrogens is 2. The van der Waals surface area contributed by atoms with Gasteiger partial charge in [-0.1, -0.05) is 12.1 Å². The lowest BCUT2D eigenvalue weighted by Gasteiger charge is -2.04. The quantitative estimate of drug-likeness (QED) is 0.848. The van der Waals surface area contributed by atoms with E-state index in [1.807, 2.05) is 16.8 Å². The van der Waals surface area contributed by atoms with Crippen molar-refractivity contribution in [2.75, 3.05) is 0 Å². The zero-order valence-electron chi connectivity index (χ0n) is 8.45. The average Bonchev–Trinajstić information content (AvgIpc) is 2.70. The van der Waals surface area contributed by atoms with Gasteiger partial charge in [-0.15, -0.1) is 0 Å². The molecule has 0 unspecified atom stereocenters. The molecule has 0 spiro atoms. The zero-order valence-corrected chi connectivity index (χ0v) is 9.26. The summed E-state index contributed by atoms with van der Waals surface area (Å²) in [4.78, 5) is 4.04. The summed E-state index contributed by atoms with van der Waals surface area (Å²) in [5.41, 5.74) is 0.865. The van der Waals surface area contributed by atoms with Crippen LogP contribution in [0.4, 0.5) is 0 Å². The Labute approximate surface area is 93.6 Å². The zero-order chi connectivity index (χ0) is 11.6. The smallest absolute Gasteiger partial charge is 0.238 e. The van der Waals surface area contributed by atoms with Gasteiger partial charge in [0.05, 0.1) is 11.2 Å². The van der Waals surface area contributed by atoms with Gasteiger partial charge >= 0.3 is 0 Å². The fourth-order valence-electron chi connectivity index (χ4n) is 1.41. The molecule has 2 rings (SSSR count). The second kappa shape index (κ2) is 4.07. The Morgan fingerprint density at radius 2 is 2.19 bits per heavy atom. The molecule has 16 heavy (non-hydrogen) atoms. The molecule has 0 aliphatic rings. The number of nitrogens with two attached hydrogens (primary N) is 1. The van der Waals surface area contributed by atoms with E-state index in [0.29, 0.717) is 6.54 Å². The van der Waals surface area contributed by atoms with Crippen LogP contribution < -0.4 is 5.14 Å². The molecule has 1 heterocycles. The number of nitrogens with zero attached hydrogens (tertiary/aromatic N) is 2. The fraction of sp³-hybridized carbons (Fsp3) is 0.100. The van der Waals surface area contributed by atoms with Crippen LogP contribution in [0.1, 0.15) is 5.56 Å². The SMILES string of the molecule is NS(=O)(=O)c1cccc(Cn2ccnc2)c1. The van der Waals surface area contributed by atoms with E-state index in [1.54, 1.807) is 24.7 Å². The fourth-order valence-corrected chi connectivity index (χ4v) is 2.00. The Balaban J connectivity index is 2.30. The first kappa shape index (κ1) is 10.8. The third-order valence-electron chi connectivity index (χ3n) is 2.15. The Bertz CT molecular complexity index is 576. The molecule has 2 N–H and O–H groups in total. The minimum Gasteiger partial charge on any atom is -0.333 e. The van der Waals surface area contributed by atoms with Gasteiger partial charge in [0.25, 0.3) is 0 Å².